The Balaban J connectivity index is 1.48. The SMILES string of the molecule is CC(C)c1ccc(S(=O)(=O)N2CC[C@@H](NCC(=O)Nc3ccccc3)C[C@@H]2C(=O)NCc2ccc(C(F)(F)F)cc2)cc1. The van der Waals surface area contributed by atoms with Crippen molar-refractivity contribution in [3.63, 3.8) is 0 Å². The van der Waals surface area contributed by atoms with Gasteiger partial charge >= 0.3 is 6.18 Å². The Morgan fingerprint density at radius 2 is 1.60 bits per heavy atom. The van der Waals surface area contributed by atoms with E-state index in [0.717, 1.165) is 17.7 Å². The minimum Gasteiger partial charge on any atom is -0.351 e. The van der Waals surface area contributed by atoms with Crippen molar-refractivity contribution in [2.75, 3.05) is 18.4 Å². The van der Waals surface area contributed by atoms with Gasteiger partial charge in [0.15, 0.2) is 0 Å². The molecule has 12 heteroatoms. The number of halogens is 3. The Morgan fingerprint density at radius 1 is 0.953 bits per heavy atom. The van der Waals surface area contributed by atoms with Gasteiger partial charge in [-0.05, 0) is 66.3 Å². The second-order valence-corrected chi connectivity index (χ2v) is 12.7. The highest BCUT2D eigenvalue weighted by Crippen LogP contribution is 2.30. The van der Waals surface area contributed by atoms with Crippen LogP contribution in [0.4, 0.5) is 18.9 Å². The summed E-state index contributed by atoms with van der Waals surface area (Å²) in [5.41, 5.74) is 1.24. The van der Waals surface area contributed by atoms with Crippen molar-refractivity contribution < 1.29 is 31.2 Å². The first-order chi connectivity index (χ1) is 20.3. The average Bonchev–Trinajstić information content (AvgIpc) is 2.99. The van der Waals surface area contributed by atoms with Gasteiger partial charge in [-0.15, -0.1) is 0 Å². The maximum Gasteiger partial charge on any atom is 0.416 e. The lowest BCUT2D eigenvalue weighted by Gasteiger charge is -2.38. The molecule has 3 aromatic carbocycles. The number of para-hydroxylation sites is 1. The number of nitrogens with one attached hydrogen (secondary N) is 3. The fraction of sp³-hybridized carbons (Fsp3) is 0.355. The predicted molar refractivity (Wildman–Crippen MR) is 158 cm³/mol. The molecule has 4 rings (SSSR count). The minimum absolute atomic E-state index is 0.0323. The number of carbonyl (C=O) groups excluding carboxylic acids is 2. The normalized spacial score (nSPS) is 17.9. The second kappa shape index (κ2) is 13.7. The van der Waals surface area contributed by atoms with Crippen LogP contribution in [0.3, 0.4) is 0 Å². The van der Waals surface area contributed by atoms with Crippen LogP contribution in [0.1, 0.15) is 49.3 Å². The molecule has 3 aromatic rings. The van der Waals surface area contributed by atoms with E-state index in [1.54, 1.807) is 36.4 Å². The van der Waals surface area contributed by atoms with Gasteiger partial charge in [-0.25, -0.2) is 8.42 Å². The first-order valence-electron chi connectivity index (χ1n) is 14.0. The fourth-order valence-electron chi connectivity index (χ4n) is 4.90. The summed E-state index contributed by atoms with van der Waals surface area (Å²) in [7, 11) is -4.06. The Kier molecular flexibility index (Phi) is 10.3. The standard InChI is InChI=1S/C31H35F3N4O4S/c1-21(2)23-10-14-27(15-11-23)43(41,42)38-17-16-26(35-20-29(39)37-25-6-4-3-5-7-25)18-28(38)30(40)36-19-22-8-12-24(13-9-22)31(32,33)34/h3-15,21,26,28,35H,16-20H2,1-2H3,(H,36,40)(H,37,39)/t26-,28-/m1/s1. The Hall–Kier alpha value is -3.74. The number of anilines is 1. The van der Waals surface area contributed by atoms with Crippen LogP contribution >= 0.6 is 0 Å². The van der Waals surface area contributed by atoms with Crippen molar-refractivity contribution >= 4 is 27.5 Å². The van der Waals surface area contributed by atoms with Crippen LogP contribution in [0.15, 0.2) is 83.8 Å². The molecular formula is C31H35F3N4O4S. The van der Waals surface area contributed by atoms with Crippen LogP contribution in [-0.2, 0) is 32.3 Å². The number of rotatable bonds is 10. The van der Waals surface area contributed by atoms with Crippen molar-refractivity contribution in [3.8, 4) is 0 Å². The third-order valence-electron chi connectivity index (χ3n) is 7.37. The van der Waals surface area contributed by atoms with Crippen molar-refractivity contribution in [2.45, 2.75) is 62.3 Å². The predicted octanol–water partition coefficient (Wildman–Crippen LogP) is 4.90. The number of carbonyl (C=O) groups is 2. The molecule has 2 atom stereocenters. The molecule has 1 aliphatic rings. The number of hydrogen-bond acceptors (Lipinski definition) is 5. The maximum absolute atomic E-state index is 13.7. The van der Waals surface area contributed by atoms with Gasteiger partial charge in [-0.3, -0.25) is 9.59 Å². The summed E-state index contributed by atoms with van der Waals surface area (Å²) in [6, 6.07) is 18.4. The monoisotopic (exact) mass is 616 g/mol. The molecule has 1 fully saturated rings. The van der Waals surface area contributed by atoms with Gasteiger partial charge in [0.2, 0.25) is 21.8 Å². The third-order valence-corrected chi connectivity index (χ3v) is 9.29. The first kappa shape index (κ1) is 32.2. The zero-order valence-corrected chi connectivity index (χ0v) is 24.7. The van der Waals surface area contributed by atoms with E-state index in [1.807, 2.05) is 19.9 Å². The number of nitrogens with zero attached hydrogens (tertiary/aromatic N) is 1. The highest BCUT2D eigenvalue weighted by molar-refractivity contribution is 7.89. The summed E-state index contributed by atoms with van der Waals surface area (Å²) in [5.74, 6) is -0.654. The third kappa shape index (κ3) is 8.43. The van der Waals surface area contributed by atoms with Crippen LogP contribution in [0, 0.1) is 0 Å². The molecule has 43 heavy (non-hydrogen) atoms. The highest BCUT2D eigenvalue weighted by Gasteiger charge is 2.40. The first-order valence-corrected chi connectivity index (χ1v) is 15.4. The number of hydrogen-bond donors (Lipinski definition) is 3. The van der Waals surface area contributed by atoms with E-state index < -0.39 is 33.7 Å². The van der Waals surface area contributed by atoms with E-state index in [4.69, 9.17) is 0 Å². The van der Waals surface area contributed by atoms with Crippen LogP contribution in [0.5, 0.6) is 0 Å². The molecule has 0 saturated carbocycles. The lowest BCUT2D eigenvalue weighted by atomic mass is 9.98. The van der Waals surface area contributed by atoms with Gasteiger partial charge in [-0.2, -0.15) is 17.5 Å². The Morgan fingerprint density at radius 3 is 2.21 bits per heavy atom. The molecule has 0 aromatic heterocycles. The van der Waals surface area contributed by atoms with E-state index in [1.165, 1.54) is 28.6 Å². The Bertz CT molecular complexity index is 1500. The number of benzene rings is 3. The van der Waals surface area contributed by atoms with Gasteiger partial charge in [0.25, 0.3) is 0 Å². The maximum atomic E-state index is 13.7. The van der Waals surface area contributed by atoms with E-state index in [2.05, 4.69) is 16.0 Å². The van der Waals surface area contributed by atoms with Crippen LogP contribution in [0.25, 0.3) is 0 Å². The summed E-state index contributed by atoms with van der Waals surface area (Å²) in [6.07, 6.45) is -4.02. The summed E-state index contributed by atoms with van der Waals surface area (Å²) >= 11 is 0. The van der Waals surface area contributed by atoms with Crippen molar-refractivity contribution in [3.05, 3.63) is 95.6 Å². The van der Waals surface area contributed by atoms with E-state index >= 15 is 0 Å². The number of sulfonamides is 1. The summed E-state index contributed by atoms with van der Waals surface area (Å²) in [4.78, 5) is 26.0. The summed E-state index contributed by atoms with van der Waals surface area (Å²) in [5, 5.41) is 8.60. The van der Waals surface area contributed by atoms with Gasteiger partial charge in [0.1, 0.15) is 6.04 Å². The van der Waals surface area contributed by atoms with Crippen molar-refractivity contribution in [1.82, 2.24) is 14.9 Å². The number of alkyl halides is 3. The van der Waals surface area contributed by atoms with Crippen molar-refractivity contribution in [1.29, 1.82) is 0 Å². The molecular weight excluding hydrogens is 581 g/mol. The van der Waals surface area contributed by atoms with Crippen LogP contribution in [-0.4, -0.2) is 49.7 Å². The molecule has 1 aliphatic heterocycles. The van der Waals surface area contributed by atoms with Gasteiger partial charge < -0.3 is 16.0 Å². The highest BCUT2D eigenvalue weighted by atomic mass is 32.2. The zero-order valence-electron chi connectivity index (χ0n) is 23.9. The summed E-state index contributed by atoms with van der Waals surface area (Å²) < 4.78 is 67.4. The van der Waals surface area contributed by atoms with Gasteiger partial charge in [0.05, 0.1) is 17.0 Å². The molecule has 8 nitrogen and oxygen atoms in total. The number of amides is 2. The van der Waals surface area contributed by atoms with E-state index in [0.29, 0.717) is 17.7 Å². The zero-order chi connectivity index (χ0) is 31.2. The lowest BCUT2D eigenvalue weighted by molar-refractivity contribution is -0.137. The molecule has 3 N–H and O–H groups in total. The molecule has 1 heterocycles. The lowest BCUT2D eigenvalue weighted by Crippen LogP contribution is -2.57. The molecule has 0 unspecified atom stereocenters. The molecule has 2 amide bonds. The molecule has 230 valence electrons. The topological polar surface area (TPSA) is 108 Å². The van der Waals surface area contributed by atoms with Gasteiger partial charge in [-0.1, -0.05) is 56.3 Å². The molecule has 1 saturated heterocycles. The molecule has 0 spiro atoms. The van der Waals surface area contributed by atoms with E-state index in [9.17, 15) is 31.2 Å². The molecule has 0 radical (unpaired) electrons. The van der Waals surface area contributed by atoms with E-state index in [-0.39, 0.29) is 48.8 Å². The van der Waals surface area contributed by atoms with Crippen molar-refractivity contribution in [2.24, 2.45) is 0 Å². The smallest absolute Gasteiger partial charge is 0.351 e. The van der Waals surface area contributed by atoms with Crippen LogP contribution in [0.2, 0.25) is 0 Å². The molecule has 0 bridgehead atoms. The number of piperidine rings is 1. The summed E-state index contributed by atoms with van der Waals surface area (Å²) in [6.45, 7) is 3.91. The Labute approximate surface area is 249 Å². The molecule has 0 aliphatic carbocycles. The largest absolute Gasteiger partial charge is 0.416 e. The minimum atomic E-state index is -4.48. The quantitative estimate of drug-likeness (QED) is 0.301. The fourth-order valence-corrected chi connectivity index (χ4v) is 6.51. The van der Waals surface area contributed by atoms with Gasteiger partial charge in [0, 0.05) is 24.8 Å². The van der Waals surface area contributed by atoms with Crippen LogP contribution < -0.4 is 16.0 Å². The average molecular weight is 617 g/mol. The second-order valence-electron chi connectivity index (χ2n) is 10.8.